The molecule has 1 saturated heterocycles. The summed E-state index contributed by atoms with van der Waals surface area (Å²) in [6, 6.07) is 5.26. The van der Waals surface area contributed by atoms with Crippen molar-refractivity contribution >= 4 is 11.4 Å². The number of likely N-dealkylation sites (tertiary alicyclic amines) is 1. The summed E-state index contributed by atoms with van der Waals surface area (Å²) in [5.41, 5.74) is 1.76. The second-order valence-corrected chi connectivity index (χ2v) is 5.56. The first kappa shape index (κ1) is 15.7. The third-order valence-electron chi connectivity index (χ3n) is 3.89. The van der Waals surface area contributed by atoms with Gasteiger partial charge < -0.3 is 10.4 Å². The van der Waals surface area contributed by atoms with Crippen LogP contribution in [0.3, 0.4) is 0 Å². The van der Waals surface area contributed by atoms with Crippen molar-refractivity contribution in [1.29, 1.82) is 0 Å². The van der Waals surface area contributed by atoms with Gasteiger partial charge in [-0.1, -0.05) is 6.07 Å². The highest BCUT2D eigenvalue weighted by Crippen LogP contribution is 2.27. The number of anilines is 1. The minimum Gasteiger partial charge on any atom is -0.396 e. The number of hydrogen-bond acceptors (Lipinski definition) is 5. The molecule has 1 aromatic rings. The van der Waals surface area contributed by atoms with E-state index in [2.05, 4.69) is 10.2 Å². The second kappa shape index (κ2) is 7.38. The van der Waals surface area contributed by atoms with Crippen LogP contribution in [-0.2, 0) is 6.54 Å². The zero-order valence-corrected chi connectivity index (χ0v) is 12.4. The Kier molecular flexibility index (Phi) is 5.52. The molecule has 2 N–H and O–H groups in total. The number of nitro benzene ring substituents is 1. The van der Waals surface area contributed by atoms with E-state index in [1.807, 2.05) is 19.1 Å². The molecule has 6 heteroatoms. The Morgan fingerprint density at radius 2 is 2.33 bits per heavy atom. The van der Waals surface area contributed by atoms with E-state index >= 15 is 0 Å². The molecule has 21 heavy (non-hydrogen) atoms. The molecule has 1 fully saturated rings. The molecule has 1 atom stereocenters. The van der Waals surface area contributed by atoms with E-state index in [1.54, 1.807) is 6.07 Å². The van der Waals surface area contributed by atoms with Gasteiger partial charge in [0.25, 0.3) is 5.69 Å². The summed E-state index contributed by atoms with van der Waals surface area (Å²) in [6.45, 7) is 5.49. The third-order valence-corrected chi connectivity index (χ3v) is 3.89. The SMILES string of the molecule is CCNc1cc(CN2CCCC(CO)C2)ccc1[N+](=O)[O-]. The van der Waals surface area contributed by atoms with Crippen LogP contribution in [0.25, 0.3) is 0 Å². The molecule has 0 aliphatic carbocycles. The maximum atomic E-state index is 11.0. The van der Waals surface area contributed by atoms with Gasteiger partial charge in [-0.3, -0.25) is 15.0 Å². The first-order chi connectivity index (χ1) is 10.1. The minimum absolute atomic E-state index is 0.118. The molecule has 0 spiro atoms. The summed E-state index contributed by atoms with van der Waals surface area (Å²) in [7, 11) is 0. The van der Waals surface area contributed by atoms with E-state index in [4.69, 9.17) is 0 Å². The Hall–Kier alpha value is -1.66. The zero-order valence-electron chi connectivity index (χ0n) is 12.4. The van der Waals surface area contributed by atoms with Crippen molar-refractivity contribution in [3.63, 3.8) is 0 Å². The smallest absolute Gasteiger partial charge is 0.292 e. The predicted octanol–water partition coefficient (Wildman–Crippen LogP) is 2.23. The number of rotatable bonds is 6. The highest BCUT2D eigenvalue weighted by atomic mass is 16.6. The summed E-state index contributed by atoms with van der Waals surface area (Å²) in [5, 5.41) is 23.3. The molecule has 0 bridgehead atoms. The maximum absolute atomic E-state index is 11.0. The first-order valence-electron chi connectivity index (χ1n) is 7.48. The number of aliphatic hydroxyl groups excluding tert-OH is 1. The van der Waals surface area contributed by atoms with Gasteiger partial charge in [0.15, 0.2) is 0 Å². The van der Waals surface area contributed by atoms with Crippen LogP contribution in [0.15, 0.2) is 18.2 Å². The van der Waals surface area contributed by atoms with Gasteiger partial charge in [0, 0.05) is 32.3 Å². The second-order valence-electron chi connectivity index (χ2n) is 5.56. The van der Waals surface area contributed by atoms with Gasteiger partial charge in [-0.15, -0.1) is 0 Å². The lowest BCUT2D eigenvalue weighted by Crippen LogP contribution is -2.36. The molecular formula is C15H23N3O3. The van der Waals surface area contributed by atoms with Gasteiger partial charge in [0.05, 0.1) is 4.92 Å². The fourth-order valence-electron chi connectivity index (χ4n) is 2.87. The molecule has 1 aliphatic heterocycles. The summed E-state index contributed by atoms with van der Waals surface area (Å²) in [6.07, 6.45) is 2.17. The fourth-order valence-corrected chi connectivity index (χ4v) is 2.87. The number of nitro groups is 1. The van der Waals surface area contributed by atoms with Gasteiger partial charge in [-0.05, 0) is 43.9 Å². The number of piperidine rings is 1. The van der Waals surface area contributed by atoms with Crippen molar-refractivity contribution in [2.75, 3.05) is 31.6 Å². The van der Waals surface area contributed by atoms with Crippen molar-refractivity contribution in [2.24, 2.45) is 5.92 Å². The molecular weight excluding hydrogens is 270 g/mol. The zero-order chi connectivity index (χ0) is 15.2. The molecule has 0 radical (unpaired) electrons. The van der Waals surface area contributed by atoms with Crippen LogP contribution < -0.4 is 5.32 Å². The molecule has 0 aromatic heterocycles. The number of nitrogens with one attached hydrogen (secondary N) is 1. The number of aliphatic hydroxyl groups is 1. The lowest BCUT2D eigenvalue weighted by Gasteiger charge is -2.31. The summed E-state index contributed by atoms with van der Waals surface area (Å²) < 4.78 is 0. The van der Waals surface area contributed by atoms with Crippen molar-refractivity contribution in [3.8, 4) is 0 Å². The minimum atomic E-state index is -0.357. The van der Waals surface area contributed by atoms with E-state index in [0.29, 0.717) is 18.2 Å². The van der Waals surface area contributed by atoms with Gasteiger partial charge >= 0.3 is 0 Å². The maximum Gasteiger partial charge on any atom is 0.292 e. The van der Waals surface area contributed by atoms with Crippen LogP contribution >= 0.6 is 0 Å². The topological polar surface area (TPSA) is 78.6 Å². The quantitative estimate of drug-likeness (QED) is 0.621. The predicted molar refractivity (Wildman–Crippen MR) is 82.3 cm³/mol. The lowest BCUT2D eigenvalue weighted by molar-refractivity contribution is -0.384. The molecule has 116 valence electrons. The van der Waals surface area contributed by atoms with Crippen LogP contribution in [0.1, 0.15) is 25.3 Å². The summed E-state index contributed by atoms with van der Waals surface area (Å²) >= 11 is 0. The van der Waals surface area contributed by atoms with Crippen molar-refractivity contribution in [3.05, 3.63) is 33.9 Å². The Labute approximate surface area is 124 Å². The molecule has 1 unspecified atom stereocenters. The van der Waals surface area contributed by atoms with Gasteiger partial charge in [0.1, 0.15) is 5.69 Å². The number of nitrogens with zero attached hydrogens (tertiary/aromatic N) is 2. The van der Waals surface area contributed by atoms with Gasteiger partial charge in [-0.25, -0.2) is 0 Å². The summed E-state index contributed by atoms with van der Waals surface area (Å²) in [4.78, 5) is 13.0. The van der Waals surface area contributed by atoms with Crippen molar-refractivity contribution in [1.82, 2.24) is 4.90 Å². The monoisotopic (exact) mass is 293 g/mol. The van der Waals surface area contributed by atoms with Crippen LogP contribution in [-0.4, -0.2) is 41.2 Å². The average molecular weight is 293 g/mol. The molecule has 1 aromatic carbocycles. The standard InChI is InChI=1S/C15H23N3O3/c1-2-16-14-8-12(5-6-15(14)18(20)21)9-17-7-3-4-13(10-17)11-19/h5-6,8,13,16,19H,2-4,7,9-11H2,1H3. The van der Waals surface area contributed by atoms with Crippen LogP contribution in [0.5, 0.6) is 0 Å². The van der Waals surface area contributed by atoms with Crippen LogP contribution in [0, 0.1) is 16.0 Å². The highest BCUT2D eigenvalue weighted by molar-refractivity contribution is 5.62. The van der Waals surface area contributed by atoms with E-state index in [-0.39, 0.29) is 17.2 Å². The Bertz CT molecular complexity index is 493. The van der Waals surface area contributed by atoms with Gasteiger partial charge in [-0.2, -0.15) is 0 Å². The van der Waals surface area contributed by atoms with Gasteiger partial charge in [0.2, 0.25) is 0 Å². The molecule has 0 saturated carbocycles. The fraction of sp³-hybridized carbons (Fsp3) is 0.600. The molecule has 2 rings (SSSR count). The lowest BCUT2D eigenvalue weighted by atomic mass is 9.98. The largest absolute Gasteiger partial charge is 0.396 e. The number of hydrogen-bond donors (Lipinski definition) is 2. The molecule has 6 nitrogen and oxygen atoms in total. The average Bonchev–Trinajstić information content (AvgIpc) is 2.48. The van der Waals surface area contributed by atoms with Crippen molar-refractivity contribution in [2.45, 2.75) is 26.3 Å². The van der Waals surface area contributed by atoms with E-state index in [0.717, 1.165) is 38.0 Å². The van der Waals surface area contributed by atoms with E-state index in [1.165, 1.54) is 0 Å². The molecule has 1 aliphatic rings. The Balaban J connectivity index is 2.09. The molecule has 1 heterocycles. The number of benzene rings is 1. The first-order valence-corrected chi connectivity index (χ1v) is 7.48. The van der Waals surface area contributed by atoms with Crippen molar-refractivity contribution < 1.29 is 10.0 Å². The van der Waals surface area contributed by atoms with Crippen LogP contribution in [0.4, 0.5) is 11.4 Å². The molecule has 0 amide bonds. The Morgan fingerprint density at radius 3 is 3.00 bits per heavy atom. The summed E-state index contributed by atoms with van der Waals surface area (Å²) in [5.74, 6) is 0.352. The van der Waals surface area contributed by atoms with E-state index in [9.17, 15) is 15.2 Å². The Morgan fingerprint density at radius 1 is 1.52 bits per heavy atom. The van der Waals surface area contributed by atoms with Crippen LogP contribution in [0.2, 0.25) is 0 Å². The highest BCUT2D eigenvalue weighted by Gasteiger charge is 2.20. The van der Waals surface area contributed by atoms with E-state index < -0.39 is 0 Å². The normalized spacial score (nSPS) is 19.4. The third kappa shape index (κ3) is 4.15.